The second-order valence-electron chi connectivity index (χ2n) is 7.49. The van der Waals surface area contributed by atoms with Crippen LogP contribution in [0.15, 0.2) is 36.8 Å². The molecule has 8 heteroatoms. The lowest BCUT2D eigenvalue weighted by molar-refractivity contribution is -0.127. The van der Waals surface area contributed by atoms with Crippen LogP contribution in [0.3, 0.4) is 0 Å². The van der Waals surface area contributed by atoms with Crippen molar-refractivity contribution in [2.45, 2.75) is 24.7 Å². The van der Waals surface area contributed by atoms with E-state index in [1.807, 2.05) is 17.8 Å². The predicted molar refractivity (Wildman–Crippen MR) is 96.1 cm³/mol. The molecule has 3 aliphatic rings. The van der Waals surface area contributed by atoms with E-state index in [9.17, 15) is 9.18 Å². The van der Waals surface area contributed by atoms with E-state index in [1.54, 1.807) is 18.3 Å². The number of carbonyl (C=O) groups excluding carboxylic acids is 1. The van der Waals surface area contributed by atoms with Crippen LogP contribution < -0.4 is 5.32 Å². The summed E-state index contributed by atoms with van der Waals surface area (Å²) in [5.41, 5.74) is 1.74. The van der Waals surface area contributed by atoms with Gasteiger partial charge in [-0.2, -0.15) is 10.2 Å². The smallest absolute Gasteiger partial charge is 0.228 e. The average Bonchev–Trinajstić information content (AvgIpc) is 3.40. The van der Waals surface area contributed by atoms with Gasteiger partial charge in [0.2, 0.25) is 5.91 Å². The maximum atomic E-state index is 14.3. The topological polar surface area (TPSA) is 88.5 Å². The molecule has 3 atom stereocenters. The summed E-state index contributed by atoms with van der Waals surface area (Å²) in [6.45, 7) is 0. The highest BCUT2D eigenvalue weighted by molar-refractivity contribution is 5.95. The zero-order chi connectivity index (χ0) is 18.6. The van der Waals surface area contributed by atoms with Crippen molar-refractivity contribution in [1.82, 2.24) is 25.0 Å². The first-order chi connectivity index (χ1) is 13.1. The average molecular weight is 366 g/mol. The van der Waals surface area contributed by atoms with Crippen molar-refractivity contribution in [1.29, 1.82) is 0 Å². The largest absolute Gasteiger partial charge is 0.323 e. The summed E-state index contributed by atoms with van der Waals surface area (Å²) in [5.74, 6) is 0.133. The van der Waals surface area contributed by atoms with Gasteiger partial charge in [0, 0.05) is 29.9 Å². The number of hydrogen-bond donors (Lipinski definition) is 2. The molecule has 2 aromatic heterocycles. The van der Waals surface area contributed by atoms with Gasteiger partial charge in [-0.1, -0.05) is 0 Å². The maximum Gasteiger partial charge on any atom is 0.228 e. The molecule has 0 radical (unpaired) electrons. The molecule has 3 aromatic rings. The molecule has 3 saturated carbocycles. The fourth-order valence-electron chi connectivity index (χ4n) is 5.02. The number of aromatic nitrogens is 5. The van der Waals surface area contributed by atoms with Crippen LogP contribution >= 0.6 is 0 Å². The molecule has 7 nitrogen and oxygen atoms in total. The summed E-state index contributed by atoms with van der Waals surface area (Å²) >= 11 is 0. The van der Waals surface area contributed by atoms with E-state index in [4.69, 9.17) is 0 Å². The van der Waals surface area contributed by atoms with Gasteiger partial charge in [0.25, 0.3) is 0 Å². The number of amides is 1. The third-order valence-electron chi connectivity index (χ3n) is 6.18. The Morgan fingerprint density at radius 2 is 2.30 bits per heavy atom. The summed E-state index contributed by atoms with van der Waals surface area (Å²) < 4.78 is 16.2. The minimum absolute atomic E-state index is 0.126. The molecule has 1 aromatic carbocycles. The summed E-state index contributed by atoms with van der Waals surface area (Å²) in [7, 11) is 1.91. The molecule has 0 unspecified atom stereocenters. The van der Waals surface area contributed by atoms with Crippen LogP contribution in [0.5, 0.6) is 0 Å². The molecule has 3 fully saturated rings. The lowest BCUT2D eigenvalue weighted by Crippen LogP contribution is -2.51. The van der Waals surface area contributed by atoms with Crippen molar-refractivity contribution in [2.75, 3.05) is 5.32 Å². The van der Waals surface area contributed by atoms with E-state index >= 15 is 0 Å². The summed E-state index contributed by atoms with van der Waals surface area (Å²) in [5, 5.41) is 13.6. The molecule has 0 aliphatic heterocycles. The highest BCUT2D eigenvalue weighted by Gasteiger charge is 2.63. The molecule has 3 aliphatic carbocycles. The van der Waals surface area contributed by atoms with Crippen molar-refractivity contribution < 1.29 is 9.18 Å². The van der Waals surface area contributed by atoms with Gasteiger partial charge in [0.05, 0.1) is 11.6 Å². The summed E-state index contributed by atoms with van der Waals surface area (Å²) in [4.78, 5) is 17.2. The molecule has 6 rings (SSSR count). The third kappa shape index (κ3) is 2.32. The number of aromatic amines is 1. The first-order valence-electron chi connectivity index (χ1n) is 9.03. The minimum Gasteiger partial charge on any atom is -0.323 e. The Hall–Kier alpha value is -3.03. The first kappa shape index (κ1) is 16.2. The van der Waals surface area contributed by atoms with E-state index in [2.05, 4.69) is 25.6 Å². The molecular weight excluding hydrogens is 347 g/mol. The quantitative estimate of drug-likeness (QED) is 0.743. The fourth-order valence-corrected chi connectivity index (χ4v) is 5.02. The van der Waals surface area contributed by atoms with Gasteiger partial charge in [-0.3, -0.25) is 14.6 Å². The fraction of sp³-hybridized carbons (Fsp3) is 0.368. The molecular formula is C19H19FN6O. The molecule has 0 spiro atoms. The summed E-state index contributed by atoms with van der Waals surface area (Å²) in [6.07, 6.45) is 6.14. The van der Waals surface area contributed by atoms with Crippen molar-refractivity contribution in [3.63, 3.8) is 0 Å². The number of fused-ring (bicyclic) bond motifs is 1. The number of carbonyl (C=O) groups is 1. The Bertz CT molecular complexity index is 1010. The van der Waals surface area contributed by atoms with Crippen molar-refractivity contribution in [2.24, 2.45) is 18.9 Å². The van der Waals surface area contributed by atoms with Gasteiger partial charge in [-0.25, -0.2) is 9.37 Å². The Morgan fingerprint density at radius 3 is 3.00 bits per heavy atom. The second kappa shape index (κ2) is 5.73. The number of aryl methyl sites for hydroxylation is 1. The number of rotatable bonds is 4. The predicted octanol–water partition coefficient (Wildman–Crippen LogP) is 2.65. The zero-order valence-electron chi connectivity index (χ0n) is 14.8. The van der Waals surface area contributed by atoms with Crippen LogP contribution in [0.25, 0.3) is 11.4 Å². The maximum absolute atomic E-state index is 14.3. The van der Waals surface area contributed by atoms with Gasteiger partial charge >= 0.3 is 0 Å². The molecule has 138 valence electrons. The van der Waals surface area contributed by atoms with Crippen LogP contribution in [-0.2, 0) is 17.3 Å². The standard InChI is InChI=1S/C19H19FN6O/c1-26-15(5-7-23-26)19-6-4-12(9-19)16(19)18(27)24-14-8-11(2-3-13(14)20)17-21-10-22-25-17/h2-3,5,7-8,10,12,16H,4,6,9H2,1H3,(H,24,27)(H,21,22,25)/t12-,16+,19+/m0/s1. The van der Waals surface area contributed by atoms with Crippen LogP contribution in [0.4, 0.5) is 10.1 Å². The highest BCUT2D eigenvalue weighted by Crippen LogP contribution is 2.64. The van der Waals surface area contributed by atoms with Crippen molar-refractivity contribution in [3.8, 4) is 11.4 Å². The Morgan fingerprint density at radius 1 is 1.41 bits per heavy atom. The monoisotopic (exact) mass is 366 g/mol. The number of nitrogens with zero attached hydrogens (tertiary/aromatic N) is 4. The van der Waals surface area contributed by atoms with Gasteiger partial charge in [0.15, 0.2) is 5.82 Å². The SMILES string of the molecule is Cn1nccc1[C@@]12CC[C@@H](C1)[C@@H]2C(=O)Nc1cc(-c2ncn[nH]2)ccc1F. The lowest BCUT2D eigenvalue weighted by Gasteiger charge is -2.46. The van der Waals surface area contributed by atoms with E-state index in [1.165, 1.54) is 12.4 Å². The number of halogens is 1. The summed E-state index contributed by atoms with van der Waals surface area (Å²) in [6, 6.07) is 6.52. The molecule has 27 heavy (non-hydrogen) atoms. The van der Waals surface area contributed by atoms with Gasteiger partial charge in [0.1, 0.15) is 12.1 Å². The van der Waals surface area contributed by atoms with Crippen molar-refractivity contribution in [3.05, 3.63) is 48.3 Å². The normalized spacial score (nSPS) is 26.0. The number of H-pyrrole nitrogens is 1. The molecule has 0 saturated heterocycles. The molecule has 2 heterocycles. The Kier molecular flexibility index (Phi) is 3.43. The highest BCUT2D eigenvalue weighted by atomic mass is 19.1. The van der Waals surface area contributed by atoms with Gasteiger partial charge < -0.3 is 5.32 Å². The number of hydrogen-bond acceptors (Lipinski definition) is 4. The Labute approximate surface area is 155 Å². The third-order valence-corrected chi connectivity index (χ3v) is 6.18. The van der Waals surface area contributed by atoms with Gasteiger partial charge in [-0.15, -0.1) is 0 Å². The molecule has 1 amide bonds. The second-order valence-corrected chi connectivity index (χ2v) is 7.49. The first-order valence-corrected chi connectivity index (χ1v) is 9.03. The van der Waals surface area contributed by atoms with E-state index in [-0.39, 0.29) is 22.9 Å². The van der Waals surface area contributed by atoms with Crippen LogP contribution in [-0.4, -0.2) is 30.9 Å². The molecule has 2 N–H and O–H groups in total. The number of anilines is 1. The van der Waals surface area contributed by atoms with Crippen LogP contribution in [0.2, 0.25) is 0 Å². The van der Waals surface area contributed by atoms with Crippen LogP contribution in [0.1, 0.15) is 25.0 Å². The number of benzene rings is 1. The minimum atomic E-state index is -0.465. The van der Waals surface area contributed by atoms with Crippen LogP contribution in [0, 0.1) is 17.7 Å². The van der Waals surface area contributed by atoms with E-state index < -0.39 is 5.82 Å². The van der Waals surface area contributed by atoms with Crippen molar-refractivity contribution >= 4 is 11.6 Å². The Balaban J connectivity index is 1.43. The molecule has 2 bridgehead atoms. The zero-order valence-corrected chi connectivity index (χ0v) is 14.8. The lowest BCUT2D eigenvalue weighted by atomic mass is 9.58. The number of nitrogens with one attached hydrogen (secondary N) is 2. The van der Waals surface area contributed by atoms with Gasteiger partial charge in [-0.05, 0) is 49.4 Å². The van der Waals surface area contributed by atoms with E-state index in [0.29, 0.717) is 17.3 Å². The van der Waals surface area contributed by atoms with E-state index in [0.717, 1.165) is 25.0 Å².